The van der Waals surface area contributed by atoms with Crippen LogP contribution in [0.2, 0.25) is 0 Å². The number of fused-ring (bicyclic) bond motifs is 1. The Kier molecular flexibility index (Phi) is 5.65. The van der Waals surface area contributed by atoms with Crippen molar-refractivity contribution in [3.63, 3.8) is 0 Å². The van der Waals surface area contributed by atoms with Crippen molar-refractivity contribution in [2.24, 2.45) is 0 Å². The first-order valence-corrected chi connectivity index (χ1v) is 11.4. The van der Waals surface area contributed by atoms with Gasteiger partial charge in [-0.1, -0.05) is 12.1 Å². The molecule has 0 aliphatic rings. The van der Waals surface area contributed by atoms with Gasteiger partial charge in [0.1, 0.15) is 5.75 Å². The highest BCUT2D eigenvalue weighted by Gasteiger charge is 2.49. The summed E-state index contributed by atoms with van der Waals surface area (Å²) in [6.45, 7) is 0. The molecule has 0 saturated heterocycles. The summed E-state index contributed by atoms with van der Waals surface area (Å²) in [5.74, 6) is -1.17. The van der Waals surface area contributed by atoms with Crippen LogP contribution in [0.25, 0.3) is 21.2 Å². The molecule has 1 aromatic heterocycles. The Morgan fingerprint density at radius 1 is 0.710 bits per heavy atom. The maximum absolute atomic E-state index is 12.6. The minimum Gasteiger partial charge on any atom is -0.376 e. The quantitative estimate of drug-likeness (QED) is 0.274. The van der Waals surface area contributed by atoms with Crippen LogP contribution in [0.3, 0.4) is 0 Å². The lowest BCUT2D eigenvalue weighted by Gasteiger charge is -2.12. The monoisotopic (exact) mass is 506 g/mol. The van der Waals surface area contributed by atoms with E-state index in [0.717, 1.165) is 29.5 Å². The first-order chi connectivity index (χ1) is 14.1. The Hall–Kier alpha value is -2.52. The van der Waals surface area contributed by atoms with Crippen molar-refractivity contribution in [2.45, 2.75) is 11.0 Å². The van der Waals surface area contributed by atoms with Crippen molar-refractivity contribution in [1.29, 1.82) is 0 Å². The fraction of sp³-hybridized carbons (Fsp3) is 0.125. The summed E-state index contributed by atoms with van der Waals surface area (Å²) >= 11 is 0.902. The van der Waals surface area contributed by atoms with Gasteiger partial charge < -0.3 is 8.37 Å². The van der Waals surface area contributed by atoms with Crippen molar-refractivity contribution in [1.82, 2.24) is 0 Å². The molecular weight excluding hydrogens is 498 g/mol. The average Bonchev–Trinajstić information content (AvgIpc) is 3.11. The summed E-state index contributed by atoms with van der Waals surface area (Å²) in [6, 6.07) is 8.07. The number of benzene rings is 2. The van der Waals surface area contributed by atoms with Gasteiger partial charge in [0, 0.05) is 5.39 Å². The standard InChI is InChI=1S/C16H8F6O6S3/c17-15(18,19)30(23,24)27-10-3-1-9(2-4-10)11-5-6-13(14-12(11)7-8-29-14)28-31(25,26)16(20,21)22/h1-8H. The van der Waals surface area contributed by atoms with Gasteiger partial charge in [0.15, 0.2) is 5.75 Å². The molecular formula is C16H8F6O6S3. The molecule has 0 atom stereocenters. The van der Waals surface area contributed by atoms with Crippen LogP contribution in [0.4, 0.5) is 26.3 Å². The SMILES string of the molecule is O=S(=O)(Oc1ccc(-c2ccc(OS(=O)(=O)C(F)(F)F)c3sccc23)cc1)C(F)(F)F. The Bertz CT molecular complexity index is 1320. The van der Waals surface area contributed by atoms with Gasteiger partial charge in [-0.05, 0) is 46.8 Å². The summed E-state index contributed by atoms with van der Waals surface area (Å²) in [6.07, 6.45) is 0. The van der Waals surface area contributed by atoms with Gasteiger partial charge >= 0.3 is 31.3 Å². The fourth-order valence-electron chi connectivity index (χ4n) is 2.38. The first kappa shape index (κ1) is 23.1. The van der Waals surface area contributed by atoms with Gasteiger partial charge in [-0.15, -0.1) is 11.3 Å². The topological polar surface area (TPSA) is 86.7 Å². The molecule has 6 nitrogen and oxygen atoms in total. The van der Waals surface area contributed by atoms with Gasteiger partial charge in [-0.2, -0.15) is 43.2 Å². The molecule has 0 N–H and O–H groups in total. The van der Waals surface area contributed by atoms with E-state index in [4.69, 9.17) is 0 Å². The highest BCUT2D eigenvalue weighted by Crippen LogP contribution is 2.40. The van der Waals surface area contributed by atoms with Crippen molar-refractivity contribution in [3.05, 3.63) is 47.8 Å². The van der Waals surface area contributed by atoms with E-state index in [1.165, 1.54) is 29.6 Å². The molecule has 168 valence electrons. The average molecular weight is 506 g/mol. The van der Waals surface area contributed by atoms with E-state index in [2.05, 4.69) is 8.37 Å². The predicted molar refractivity (Wildman–Crippen MR) is 98.5 cm³/mol. The fourth-order valence-corrected chi connectivity index (χ4v) is 4.24. The smallest absolute Gasteiger partial charge is 0.376 e. The van der Waals surface area contributed by atoms with Crippen molar-refractivity contribution < 1.29 is 51.5 Å². The van der Waals surface area contributed by atoms with E-state index < -0.39 is 42.8 Å². The molecule has 0 saturated carbocycles. The highest BCUT2D eigenvalue weighted by atomic mass is 32.2. The second-order valence-electron chi connectivity index (χ2n) is 5.77. The van der Waals surface area contributed by atoms with E-state index in [0.29, 0.717) is 16.5 Å². The van der Waals surface area contributed by atoms with Gasteiger partial charge in [-0.3, -0.25) is 0 Å². The molecule has 0 aliphatic carbocycles. The molecule has 2 aromatic carbocycles. The van der Waals surface area contributed by atoms with Crippen LogP contribution in [0.1, 0.15) is 0 Å². The number of alkyl halides is 6. The minimum atomic E-state index is -5.89. The van der Waals surface area contributed by atoms with Crippen LogP contribution in [-0.4, -0.2) is 27.9 Å². The summed E-state index contributed by atoms with van der Waals surface area (Å²) in [5.41, 5.74) is -10.5. The van der Waals surface area contributed by atoms with Gasteiger partial charge in [0.25, 0.3) is 0 Å². The molecule has 0 amide bonds. The predicted octanol–water partition coefficient (Wildman–Crippen LogP) is 5.03. The molecule has 31 heavy (non-hydrogen) atoms. The number of rotatable bonds is 5. The van der Waals surface area contributed by atoms with Crippen LogP contribution < -0.4 is 8.37 Å². The third-order valence-corrected chi connectivity index (χ3v) is 6.59. The van der Waals surface area contributed by atoms with Crippen LogP contribution in [0.5, 0.6) is 11.5 Å². The number of hydrogen-bond donors (Lipinski definition) is 0. The molecule has 0 radical (unpaired) electrons. The van der Waals surface area contributed by atoms with Crippen LogP contribution in [-0.2, 0) is 20.2 Å². The summed E-state index contributed by atoms with van der Waals surface area (Å²) in [4.78, 5) is 0. The molecule has 0 bridgehead atoms. The van der Waals surface area contributed by atoms with Crippen molar-refractivity contribution in [2.75, 3.05) is 0 Å². The number of thiophene rings is 1. The Balaban J connectivity index is 1.96. The molecule has 0 aliphatic heterocycles. The molecule has 0 fully saturated rings. The zero-order valence-electron chi connectivity index (χ0n) is 14.6. The zero-order chi connectivity index (χ0) is 23.2. The summed E-state index contributed by atoms with van der Waals surface area (Å²) in [7, 11) is -11.7. The first-order valence-electron chi connectivity index (χ1n) is 7.74. The normalized spacial score (nSPS) is 13.4. The number of halogens is 6. The van der Waals surface area contributed by atoms with Gasteiger partial charge in [0.2, 0.25) is 0 Å². The molecule has 3 aromatic rings. The lowest BCUT2D eigenvalue weighted by atomic mass is 10.0. The Morgan fingerprint density at radius 2 is 1.26 bits per heavy atom. The number of hydrogen-bond acceptors (Lipinski definition) is 7. The largest absolute Gasteiger partial charge is 0.534 e. The lowest BCUT2D eigenvalue weighted by Crippen LogP contribution is -2.28. The third kappa shape index (κ3) is 4.57. The molecule has 0 unspecified atom stereocenters. The van der Waals surface area contributed by atoms with Crippen LogP contribution in [0, 0.1) is 0 Å². The molecule has 3 rings (SSSR count). The second-order valence-corrected chi connectivity index (χ2v) is 9.76. The summed E-state index contributed by atoms with van der Waals surface area (Å²) in [5, 5.41) is 1.77. The second kappa shape index (κ2) is 7.56. The van der Waals surface area contributed by atoms with Crippen molar-refractivity contribution in [3.8, 4) is 22.6 Å². The van der Waals surface area contributed by atoms with E-state index in [9.17, 15) is 43.2 Å². The minimum absolute atomic E-state index is 0.0744. The van der Waals surface area contributed by atoms with E-state index in [-0.39, 0.29) is 4.70 Å². The summed E-state index contributed by atoms with van der Waals surface area (Å²) < 4.78 is 128. The van der Waals surface area contributed by atoms with Gasteiger partial charge in [0.05, 0.1) is 4.70 Å². The Labute approximate surface area is 174 Å². The maximum atomic E-state index is 12.6. The maximum Gasteiger partial charge on any atom is 0.534 e. The van der Waals surface area contributed by atoms with E-state index in [1.807, 2.05) is 0 Å². The van der Waals surface area contributed by atoms with Crippen molar-refractivity contribution >= 4 is 41.7 Å². The van der Waals surface area contributed by atoms with Gasteiger partial charge in [-0.25, -0.2) is 0 Å². The van der Waals surface area contributed by atoms with Crippen LogP contribution in [0.15, 0.2) is 47.8 Å². The third-order valence-electron chi connectivity index (χ3n) is 3.72. The Morgan fingerprint density at radius 3 is 1.81 bits per heavy atom. The molecule has 0 spiro atoms. The lowest BCUT2D eigenvalue weighted by molar-refractivity contribution is -0.0504. The van der Waals surface area contributed by atoms with Crippen LogP contribution >= 0.6 is 11.3 Å². The zero-order valence-corrected chi connectivity index (χ0v) is 17.0. The molecule has 15 heteroatoms. The van der Waals surface area contributed by atoms with E-state index in [1.54, 1.807) is 0 Å². The molecule has 1 heterocycles. The highest BCUT2D eigenvalue weighted by molar-refractivity contribution is 7.88. The van der Waals surface area contributed by atoms with E-state index >= 15 is 0 Å².